The third-order valence-corrected chi connectivity index (χ3v) is 2.18. The van der Waals surface area contributed by atoms with Gasteiger partial charge in [-0.3, -0.25) is 0 Å². The Hall–Kier alpha value is -0.850. The molecule has 0 amide bonds. The Morgan fingerprint density at radius 1 is 1.82 bits per heavy atom. The molecule has 0 spiro atoms. The van der Waals surface area contributed by atoms with Crippen LogP contribution in [0.25, 0.3) is 0 Å². The molecule has 0 saturated heterocycles. The van der Waals surface area contributed by atoms with Crippen molar-refractivity contribution >= 4 is 11.3 Å². The van der Waals surface area contributed by atoms with Crippen molar-refractivity contribution in [3.05, 3.63) is 16.1 Å². The van der Waals surface area contributed by atoms with E-state index in [-0.39, 0.29) is 6.04 Å². The number of terminal acetylenes is 1. The zero-order chi connectivity index (χ0) is 8.27. The standard InChI is InChI=1S/C8H10N2S/c1-4-7(9-3)8-5-11-6(2)10-8/h1,5,7,9H,2-3H3. The first kappa shape index (κ1) is 8.25. The molecular weight excluding hydrogens is 156 g/mol. The smallest absolute Gasteiger partial charge is 0.112 e. The molecule has 1 aromatic heterocycles. The molecule has 1 unspecified atom stereocenters. The summed E-state index contributed by atoms with van der Waals surface area (Å²) in [6.07, 6.45) is 5.28. The number of nitrogens with one attached hydrogen (secondary N) is 1. The lowest BCUT2D eigenvalue weighted by Crippen LogP contribution is -2.14. The molecule has 0 fully saturated rings. The van der Waals surface area contributed by atoms with Crippen LogP contribution in [0.1, 0.15) is 16.7 Å². The van der Waals surface area contributed by atoms with Gasteiger partial charge >= 0.3 is 0 Å². The Morgan fingerprint density at radius 3 is 2.91 bits per heavy atom. The van der Waals surface area contributed by atoms with Gasteiger partial charge in [-0.15, -0.1) is 17.8 Å². The summed E-state index contributed by atoms with van der Waals surface area (Å²) in [7, 11) is 1.83. The highest BCUT2D eigenvalue weighted by atomic mass is 32.1. The van der Waals surface area contributed by atoms with E-state index in [9.17, 15) is 0 Å². The normalized spacial score (nSPS) is 12.5. The lowest BCUT2D eigenvalue weighted by molar-refractivity contribution is 0.717. The Balaban J connectivity index is 2.84. The second-order valence-electron chi connectivity index (χ2n) is 2.18. The molecule has 2 nitrogen and oxygen atoms in total. The quantitative estimate of drug-likeness (QED) is 0.671. The summed E-state index contributed by atoms with van der Waals surface area (Å²) >= 11 is 1.62. The number of hydrogen-bond acceptors (Lipinski definition) is 3. The van der Waals surface area contributed by atoms with Crippen LogP contribution in [0.5, 0.6) is 0 Å². The molecule has 0 aromatic carbocycles. The molecule has 0 radical (unpaired) electrons. The molecule has 1 atom stereocenters. The maximum Gasteiger partial charge on any atom is 0.112 e. The zero-order valence-corrected chi connectivity index (χ0v) is 7.40. The number of aryl methyl sites for hydroxylation is 1. The van der Waals surface area contributed by atoms with Gasteiger partial charge in [-0.05, 0) is 14.0 Å². The third-order valence-electron chi connectivity index (χ3n) is 1.39. The van der Waals surface area contributed by atoms with Gasteiger partial charge in [-0.2, -0.15) is 0 Å². The van der Waals surface area contributed by atoms with E-state index in [4.69, 9.17) is 6.42 Å². The minimum Gasteiger partial charge on any atom is -0.302 e. The van der Waals surface area contributed by atoms with E-state index >= 15 is 0 Å². The van der Waals surface area contributed by atoms with E-state index in [0.717, 1.165) is 10.7 Å². The Bertz CT molecular complexity index is 272. The van der Waals surface area contributed by atoms with Gasteiger partial charge in [0.05, 0.1) is 10.7 Å². The largest absolute Gasteiger partial charge is 0.302 e. The van der Waals surface area contributed by atoms with E-state index in [1.54, 1.807) is 11.3 Å². The summed E-state index contributed by atoms with van der Waals surface area (Å²) in [6.45, 7) is 1.97. The Kier molecular flexibility index (Phi) is 2.64. The van der Waals surface area contributed by atoms with Crippen molar-refractivity contribution in [2.75, 3.05) is 7.05 Å². The van der Waals surface area contributed by atoms with Crippen molar-refractivity contribution in [1.82, 2.24) is 10.3 Å². The van der Waals surface area contributed by atoms with Crippen LogP contribution < -0.4 is 5.32 Å². The van der Waals surface area contributed by atoms with E-state index < -0.39 is 0 Å². The molecule has 0 bridgehead atoms. The molecule has 0 aliphatic heterocycles. The zero-order valence-electron chi connectivity index (χ0n) is 6.59. The van der Waals surface area contributed by atoms with Gasteiger partial charge in [-0.1, -0.05) is 5.92 Å². The second-order valence-corrected chi connectivity index (χ2v) is 3.24. The van der Waals surface area contributed by atoms with Crippen molar-refractivity contribution in [3.63, 3.8) is 0 Å². The highest BCUT2D eigenvalue weighted by molar-refractivity contribution is 7.09. The fraction of sp³-hybridized carbons (Fsp3) is 0.375. The number of rotatable bonds is 2. The molecule has 1 aromatic rings. The van der Waals surface area contributed by atoms with Gasteiger partial charge in [0.2, 0.25) is 0 Å². The maximum atomic E-state index is 5.28. The topological polar surface area (TPSA) is 24.9 Å². The highest BCUT2D eigenvalue weighted by Gasteiger charge is 2.07. The molecule has 1 rings (SSSR count). The number of nitrogens with zero attached hydrogens (tertiary/aromatic N) is 1. The Labute approximate surface area is 70.7 Å². The van der Waals surface area contributed by atoms with Crippen molar-refractivity contribution in [2.45, 2.75) is 13.0 Å². The summed E-state index contributed by atoms with van der Waals surface area (Å²) in [5.74, 6) is 2.61. The van der Waals surface area contributed by atoms with Crippen LogP contribution in [0.3, 0.4) is 0 Å². The fourth-order valence-corrected chi connectivity index (χ4v) is 1.47. The molecule has 3 heteroatoms. The molecule has 1 heterocycles. The summed E-state index contributed by atoms with van der Waals surface area (Å²) in [5.41, 5.74) is 0.942. The summed E-state index contributed by atoms with van der Waals surface area (Å²) in [5, 5.41) is 6.02. The number of aromatic nitrogens is 1. The van der Waals surface area contributed by atoms with E-state index in [1.807, 2.05) is 19.4 Å². The van der Waals surface area contributed by atoms with Crippen LogP contribution >= 0.6 is 11.3 Å². The monoisotopic (exact) mass is 166 g/mol. The molecule has 0 saturated carbocycles. The van der Waals surface area contributed by atoms with Gasteiger partial charge in [0.1, 0.15) is 6.04 Å². The average molecular weight is 166 g/mol. The van der Waals surface area contributed by atoms with Crippen LogP contribution in [-0.4, -0.2) is 12.0 Å². The Morgan fingerprint density at radius 2 is 2.55 bits per heavy atom. The van der Waals surface area contributed by atoms with E-state index in [2.05, 4.69) is 16.2 Å². The molecule has 1 N–H and O–H groups in total. The summed E-state index contributed by atoms with van der Waals surface area (Å²) in [6, 6.07) is -0.0417. The lowest BCUT2D eigenvalue weighted by Gasteiger charge is -2.03. The maximum absolute atomic E-state index is 5.28. The predicted octanol–water partition coefficient (Wildman–Crippen LogP) is 1.35. The first-order chi connectivity index (χ1) is 5.27. The van der Waals surface area contributed by atoms with Gasteiger partial charge < -0.3 is 5.32 Å². The molecule has 0 aliphatic carbocycles. The van der Waals surface area contributed by atoms with Crippen molar-refractivity contribution in [2.24, 2.45) is 0 Å². The third kappa shape index (κ3) is 1.79. The van der Waals surface area contributed by atoms with Gasteiger partial charge in [0.25, 0.3) is 0 Å². The minimum atomic E-state index is -0.0417. The molecule has 58 valence electrons. The van der Waals surface area contributed by atoms with E-state index in [0.29, 0.717) is 0 Å². The van der Waals surface area contributed by atoms with E-state index in [1.165, 1.54) is 0 Å². The predicted molar refractivity (Wildman–Crippen MR) is 47.5 cm³/mol. The molecule has 11 heavy (non-hydrogen) atoms. The van der Waals surface area contributed by atoms with Crippen LogP contribution in [0.15, 0.2) is 5.38 Å². The van der Waals surface area contributed by atoms with Crippen LogP contribution in [0.4, 0.5) is 0 Å². The first-order valence-corrected chi connectivity index (χ1v) is 4.21. The van der Waals surface area contributed by atoms with Crippen molar-refractivity contribution in [3.8, 4) is 12.3 Å². The number of thiazole rings is 1. The van der Waals surface area contributed by atoms with Crippen molar-refractivity contribution in [1.29, 1.82) is 0 Å². The van der Waals surface area contributed by atoms with Crippen LogP contribution in [0.2, 0.25) is 0 Å². The van der Waals surface area contributed by atoms with Gasteiger partial charge in [0, 0.05) is 5.38 Å². The SMILES string of the molecule is C#CC(NC)c1csc(C)n1. The highest BCUT2D eigenvalue weighted by Crippen LogP contribution is 2.14. The van der Waals surface area contributed by atoms with Crippen molar-refractivity contribution < 1.29 is 0 Å². The minimum absolute atomic E-state index is 0.0417. The van der Waals surface area contributed by atoms with Gasteiger partial charge in [0.15, 0.2) is 0 Å². The fourth-order valence-electron chi connectivity index (χ4n) is 0.829. The molecule has 0 aliphatic rings. The number of hydrogen-bond donors (Lipinski definition) is 1. The van der Waals surface area contributed by atoms with Crippen LogP contribution in [-0.2, 0) is 0 Å². The second kappa shape index (κ2) is 3.51. The van der Waals surface area contributed by atoms with Crippen LogP contribution in [0, 0.1) is 19.3 Å². The average Bonchev–Trinajstić information content (AvgIpc) is 2.39. The van der Waals surface area contributed by atoms with Gasteiger partial charge in [-0.25, -0.2) is 4.98 Å². The first-order valence-electron chi connectivity index (χ1n) is 3.33. The lowest BCUT2D eigenvalue weighted by atomic mass is 10.2. The summed E-state index contributed by atoms with van der Waals surface area (Å²) < 4.78 is 0. The summed E-state index contributed by atoms with van der Waals surface area (Å²) in [4.78, 5) is 4.27. The molecular formula is C8H10N2S.